The molecule has 19 heavy (non-hydrogen) atoms. The molecule has 0 aliphatic heterocycles. The van der Waals surface area contributed by atoms with E-state index in [0.29, 0.717) is 6.54 Å². The third-order valence-electron chi connectivity index (χ3n) is 2.95. The van der Waals surface area contributed by atoms with Crippen LogP contribution in [0, 0.1) is 0 Å². The molecule has 98 valence electrons. The first-order valence-corrected chi connectivity index (χ1v) is 6.61. The fourth-order valence-electron chi connectivity index (χ4n) is 1.90. The molecule has 7 heteroatoms. The fourth-order valence-corrected chi connectivity index (χ4v) is 2.42. The van der Waals surface area contributed by atoms with E-state index in [1.54, 1.807) is 4.52 Å². The summed E-state index contributed by atoms with van der Waals surface area (Å²) in [7, 11) is 1.95. The Labute approximate surface area is 118 Å². The Hall–Kier alpha value is -1.86. The number of halogens is 1. The predicted octanol–water partition coefficient (Wildman–Crippen LogP) is 2.05. The minimum absolute atomic E-state index is 0.381. The highest BCUT2D eigenvalue weighted by molar-refractivity contribution is 9.10. The second-order valence-electron chi connectivity index (χ2n) is 4.13. The average molecular weight is 321 g/mol. The average Bonchev–Trinajstić information content (AvgIpc) is 3.06. The van der Waals surface area contributed by atoms with E-state index in [0.717, 1.165) is 27.6 Å². The Morgan fingerprint density at radius 2 is 2.26 bits per heavy atom. The maximum absolute atomic E-state index is 5.64. The number of H-pyrrole nitrogens is 1. The first-order chi connectivity index (χ1) is 9.20. The molecule has 0 amide bonds. The van der Waals surface area contributed by atoms with E-state index in [2.05, 4.69) is 31.0 Å². The van der Waals surface area contributed by atoms with Gasteiger partial charge in [-0.25, -0.2) is 9.50 Å². The lowest BCUT2D eigenvalue weighted by atomic mass is 10.4. The normalized spacial score (nSPS) is 11.1. The Morgan fingerprint density at radius 1 is 1.42 bits per heavy atom. The van der Waals surface area contributed by atoms with Crippen LogP contribution in [-0.4, -0.2) is 26.6 Å². The van der Waals surface area contributed by atoms with E-state index in [9.17, 15) is 0 Å². The van der Waals surface area contributed by atoms with Crippen molar-refractivity contribution in [1.82, 2.24) is 19.6 Å². The van der Waals surface area contributed by atoms with Crippen LogP contribution in [0.1, 0.15) is 5.69 Å². The van der Waals surface area contributed by atoms with Crippen molar-refractivity contribution in [3.63, 3.8) is 0 Å². The van der Waals surface area contributed by atoms with Crippen LogP contribution >= 0.6 is 15.9 Å². The molecule has 0 bridgehead atoms. The molecule has 3 rings (SSSR count). The van der Waals surface area contributed by atoms with E-state index < -0.39 is 0 Å². The summed E-state index contributed by atoms with van der Waals surface area (Å²) in [5.41, 5.74) is 7.21. The van der Waals surface area contributed by atoms with Crippen LogP contribution in [0.3, 0.4) is 0 Å². The van der Waals surface area contributed by atoms with E-state index in [1.807, 2.05) is 42.4 Å². The second kappa shape index (κ2) is 4.67. The highest BCUT2D eigenvalue weighted by Gasteiger charge is 2.12. The first kappa shape index (κ1) is 12.2. The van der Waals surface area contributed by atoms with Crippen molar-refractivity contribution < 1.29 is 0 Å². The Balaban J connectivity index is 2.08. The number of nitrogens with two attached hydrogens (primary N) is 1. The number of hydrogen-bond donors (Lipinski definition) is 2. The van der Waals surface area contributed by atoms with Gasteiger partial charge in [0.05, 0.1) is 5.69 Å². The van der Waals surface area contributed by atoms with Crippen LogP contribution in [0.4, 0.5) is 11.6 Å². The van der Waals surface area contributed by atoms with Crippen LogP contribution in [0.2, 0.25) is 0 Å². The summed E-state index contributed by atoms with van der Waals surface area (Å²) in [5, 5.41) is 4.56. The zero-order valence-corrected chi connectivity index (χ0v) is 11.9. The number of nitrogens with one attached hydrogen (secondary N) is 1. The van der Waals surface area contributed by atoms with Crippen LogP contribution in [-0.2, 0) is 6.54 Å². The number of imidazole rings is 1. The molecule has 6 nitrogen and oxygen atoms in total. The number of hydrogen-bond acceptors (Lipinski definition) is 4. The zero-order chi connectivity index (χ0) is 13.4. The molecule has 0 radical (unpaired) electrons. The summed E-state index contributed by atoms with van der Waals surface area (Å²) in [4.78, 5) is 9.51. The van der Waals surface area contributed by atoms with Crippen molar-refractivity contribution in [2.75, 3.05) is 11.9 Å². The summed E-state index contributed by atoms with van der Waals surface area (Å²) in [5.74, 6) is 1.79. The van der Waals surface area contributed by atoms with Gasteiger partial charge >= 0.3 is 0 Å². The van der Waals surface area contributed by atoms with E-state index >= 15 is 0 Å². The van der Waals surface area contributed by atoms with Gasteiger partial charge < -0.3 is 15.6 Å². The van der Waals surface area contributed by atoms with Crippen LogP contribution in [0.5, 0.6) is 0 Å². The SMILES string of the molecule is CN(c1ccc2nc(CN)c(Br)n2n1)c1ccc[nH]1. The lowest BCUT2D eigenvalue weighted by Crippen LogP contribution is -2.13. The Kier molecular flexibility index (Phi) is 3.00. The summed E-state index contributed by atoms with van der Waals surface area (Å²) in [6.07, 6.45) is 1.88. The molecule has 0 saturated carbocycles. The van der Waals surface area contributed by atoms with Crippen molar-refractivity contribution >= 4 is 33.2 Å². The molecule has 3 aromatic heterocycles. The molecule has 0 spiro atoms. The molecule has 3 aromatic rings. The van der Waals surface area contributed by atoms with Gasteiger partial charge in [0.2, 0.25) is 0 Å². The van der Waals surface area contributed by atoms with Gasteiger partial charge in [-0.3, -0.25) is 0 Å². The Morgan fingerprint density at radius 3 is 2.95 bits per heavy atom. The van der Waals surface area contributed by atoms with Crippen molar-refractivity contribution in [3.05, 3.63) is 40.8 Å². The third kappa shape index (κ3) is 2.00. The van der Waals surface area contributed by atoms with Gasteiger partial charge in [0.25, 0.3) is 0 Å². The van der Waals surface area contributed by atoms with Crippen LogP contribution in [0.15, 0.2) is 35.1 Å². The number of aromatic amines is 1. The second-order valence-corrected chi connectivity index (χ2v) is 4.88. The van der Waals surface area contributed by atoms with E-state index in [-0.39, 0.29) is 0 Å². The van der Waals surface area contributed by atoms with Crippen molar-refractivity contribution in [2.24, 2.45) is 5.73 Å². The molecule has 0 saturated heterocycles. The molecule has 0 aliphatic carbocycles. The van der Waals surface area contributed by atoms with Crippen molar-refractivity contribution in [3.8, 4) is 0 Å². The lowest BCUT2D eigenvalue weighted by molar-refractivity contribution is 0.885. The minimum atomic E-state index is 0.381. The number of nitrogens with zero attached hydrogens (tertiary/aromatic N) is 4. The van der Waals surface area contributed by atoms with Gasteiger partial charge in [-0.1, -0.05) is 0 Å². The molecule has 0 unspecified atom stereocenters. The molecule has 0 fully saturated rings. The summed E-state index contributed by atoms with van der Waals surface area (Å²) in [6.45, 7) is 0.381. The first-order valence-electron chi connectivity index (χ1n) is 5.82. The lowest BCUT2D eigenvalue weighted by Gasteiger charge is -2.15. The maximum atomic E-state index is 5.64. The molecular formula is C12H13BrN6. The molecular weight excluding hydrogens is 308 g/mol. The summed E-state index contributed by atoms with van der Waals surface area (Å²) >= 11 is 3.48. The smallest absolute Gasteiger partial charge is 0.155 e. The van der Waals surface area contributed by atoms with Crippen LogP contribution in [0.25, 0.3) is 5.65 Å². The Bertz CT molecular complexity index is 702. The van der Waals surface area contributed by atoms with Gasteiger partial charge in [0, 0.05) is 19.8 Å². The van der Waals surface area contributed by atoms with Crippen molar-refractivity contribution in [2.45, 2.75) is 6.54 Å². The van der Waals surface area contributed by atoms with Gasteiger partial charge in [-0.15, -0.1) is 5.10 Å². The number of fused-ring (bicyclic) bond motifs is 1. The molecule has 3 heterocycles. The van der Waals surface area contributed by atoms with Gasteiger partial charge in [0.15, 0.2) is 11.5 Å². The predicted molar refractivity (Wildman–Crippen MR) is 77.4 cm³/mol. The highest BCUT2D eigenvalue weighted by Crippen LogP contribution is 2.23. The largest absolute Gasteiger partial charge is 0.348 e. The van der Waals surface area contributed by atoms with Crippen molar-refractivity contribution in [1.29, 1.82) is 0 Å². The number of aromatic nitrogens is 4. The van der Waals surface area contributed by atoms with Crippen LogP contribution < -0.4 is 10.6 Å². The molecule has 0 aromatic carbocycles. The van der Waals surface area contributed by atoms with Gasteiger partial charge in [0.1, 0.15) is 10.4 Å². The monoisotopic (exact) mass is 320 g/mol. The third-order valence-corrected chi connectivity index (χ3v) is 3.75. The highest BCUT2D eigenvalue weighted by atomic mass is 79.9. The molecule has 0 atom stereocenters. The minimum Gasteiger partial charge on any atom is -0.348 e. The van der Waals surface area contributed by atoms with E-state index in [4.69, 9.17) is 5.73 Å². The fraction of sp³-hybridized carbons (Fsp3) is 0.167. The maximum Gasteiger partial charge on any atom is 0.155 e. The van der Waals surface area contributed by atoms with Gasteiger partial charge in [-0.2, -0.15) is 0 Å². The summed E-state index contributed by atoms with van der Waals surface area (Å²) in [6, 6.07) is 7.78. The van der Waals surface area contributed by atoms with E-state index in [1.165, 1.54) is 0 Å². The molecule has 0 aliphatic rings. The number of rotatable bonds is 3. The standard InChI is InChI=1S/C12H13BrN6/c1-18(9-3-2-6-15-9)11-5-4-10-16-8(7-14)12(13)19(10)17-11/h2-6,15H,7,14H2,1H3. The van der Waals surface area contributed by atoms with Gasteiger partial charge in [-0.05, 0) is 40.2 Å². The molecule has 3 N–H and O–H groups in total. The summed E-state index contributed by atoms with van der Waals surface area (Å²) < 4.78 is 2.54. The number of anilines is 2. The topological polar surface area (TPSA) is 75.2 Å². The zero-order valence-electron chi connectivity index (χ0n) is 10.3. The quantitative estimate of drug-likeness (QED) is 0.774.